The molecule has 6 nitrogen and oxygen atoms in total. The van der Waals surface area contributed by atoms with E-state index in [4.69, 9.17) is 4.74 Å². The zero-order valence-corrected chi connectivity index (χ0v) is 13.1. The van der Waals surface area contributed by atoms with E-state index in [-0.39, 0.29) is 5.91 Å². The lowest BCUT2D eigenvalue weighted by Crippen LogP contribution is -2.26. The molecule has 0 aliphatic carbocycles. The van der Waals surface area contributed by atoms with Crippen LogP contribution in [0.1, 0.15) is 33.3 Å². The van der Waals surface area contributed by atoms with Crippen molar-refractivity contribution in [2.75, 3.05) is 0 Å². The van der Waals surface area contributed by atoms with Gasteiger partial charge in [0.1, 0.15) is 5.60 Å². The van der Waals surface area contributed by atoms with Crippen molar-refractivity contribution < 1.29 is 14.3 Å². The maximum absolute atomic E-state index is 12.3. The highest BCUT2D eigenvalue weighted by molar-refractivity contribution is 6.02. The van der Waals surface area contributed by atoms with Gasteiger partial charge in [-0.25, -0.2) is 10.2 Å². The summed E-state index contributed by atoms with van der Waals surface area (Å²) in [5.41, 5.74) is 3.20. The maximum Gasteiger partial charge on any atom is 0.419 e. The summed E-state index contributed by atoms with van der Waals surface area (Å²) >= 11 is 0. The van der Waals surface area contributed by atoms with Crippen molar-refractivity contribution in [1.82, 2.24) is 9.99 Å². The van der Waals surface area contributed by atoms with E-state index in [1.807, 2.05) is 45.0 Å². The minimum Gasteiger partial charge on any atom is -0.443 e. The number of carbonyl (C=O) groups is 2. The van der Waals surface area contributed by atoms with Gasteiger partial charge in [0, 0.05) is 24.1 Å². The smallest absolute Gasteiger partial charge is 0.419 e. The number of fused-ring (bicyclic) bond motifs is 1. The van der Waals surface area contributed by atoms with E-state index in [1.54, 1.807) is 6.20 Å². The van der Waals surface area contributed by atoms with Gasteiger partial charge in [-0.2, -0.15) is 5.10 Å². The number of nitrogens with zero attached hydrogens (tertiary/aromatic N) is 2. The third-order valence-corrected chi connectivity index (χ3v) is 2.76. The van der Waals surface area contributed by atoms with Gasteiger partial charge < -0.3 is 4.74 Å². The molecule has 0 aliphatic rings. The second-order valence-corrected chi connectivity index (χ2v) is 5.88. The molecule has 1 amide bonds. The molecule has 0 fully saturated rings. The molecular weight excluding hydrogens is 282 g/mol. The summed E-state index contributed by atoms with van der Waals surface area (Å²) in [7, 11) is 0. The Morgan fingerprint density at radius 3 is 2.59 bits per heavy atom. The number of hydrogen-bond acceptors (Lipinski definition) is 4. The fraction of sp³-hybridized carbons (Fsp3) is 0.312. The summed E-state index contributed by atoms with van der Waals surface area (Å²) in [5, 5.41) is 4.70. The first-order chi connectivity index (χ1) is 10.3. The van der Waals surface area contributed by atoms with Gasteiger partial charge in [-0.1, -0.05) is 18.2 Å². The monoisotopic (exact) mass is 301 g/mol. The Kier molecular flexibility index (Phi) is 4.30. The second-order valence-electron chi connectivity index (χ2n) is 5.88. The van der Waals surface area contributed by atoms with Crippen LogP contribution in [0.5, 0.6) is 0 Å². The Bertz CT molecular complexity index is 739. The molecule has 116 valence electrons. The van der Waals surface area contributed by atoms with E-state index < -0.39 is 11.7 Å². The van der Waals surface area contributed by atoms with Crippen molar-refractivity contribution in [3.63, 3.8) is 0 Å². The molecule has 6 heteroatoms. The number of carbonyl (C=O) groups excluding carboxylic acids is 2. The number of amides is 1. The molecule has 0 bridgehead atoms. The standard InChI is InChI=1S/C16H19N3O3/c1-11(20)18-17-9-12-10-19(15(21)22-16(2,3)4)14-8-6-5-7-13(12)14/h5-10H,1-4H3,(H,18,20)/b17-9+. The van der Waals surface area contributed by atoms with E-state index >= 15 is 0 Å². The molecule has 1 N–H and O–H groups in total. The Morgan fingerprint density at radius 1 is 1.27 bits per heavy atom. The molecule has 1 aromatic carbocycles. The number of rotatable bonds is 2. The van der Waals surface area contributed by atoms with Crippen molar-refractivity contribution in [2.45, 2.75) is 33.3 Å². The van der Waals surface area contributed by atoms with Crippen LogP contribution in [-0.4, -0.2) is 28.4 Å². The first kappa shape index (κ1) is 15.8. The number of ether oxygens (including phenoxy) is 1. The molecule has 0 spiro atoms. The van der Waals surface area contributed by atoms with Crippen LogP contribution in [-0.2, 0) is 9.53 Å². The number of hydrazone groups is 1. The number of para-hydroxylation sites is 1. The molecule has 2 rings (SSSR count). The molecule has 0 atom stereocenters. The zero-order valence-electron chi connectivity index (χ0n) is 13.1. The van der Waals surface area contributed by atoms with E-state index in [1.165, 1.54) is 17.7 Å². The molecular formula is C16H19N3O3. The topological polar surface area (TPSA) is 72.7 Å². The van der Waals surface area contributed by atoms with Gasteiger partial charge >= 0.3 is 6.09 Å². The van der Waals surface area contributed by atoms with Gasteiger partial charge in [0.2, 0.25) is 5.91 Å². The van der Waals surface area contributed by atoms with E-state index in [0.29, 0.717) is 0 Å². The van der Waals surface area contributed by atoms with Crippen LogP contribution in [0, 0.1) is 0 Å². The van der Waals surface area contributed by atoms with Gasteiger partial charge in [-0.15, -0.1) is 0 Å². The van der Waals surface area contributed by atoms with Crippen LogP contribution in [0.3, 0.4) is 0 Å². The third kappa shape index (κ3) is 3.72. The van der Waals surface area contributed by atoms with Gasteiger partial charge in [0.05, 0.1) is 11.7 Å². The third-order valence-electron chi connectivity index (χ3n) is 2.76. The molecule has 1 heterocycles. The van der Waals surface area contributed by atoms with Gasteiger partial charge in [-0.3, -0.25) is 9.36 Å². The predicted octanol–water partition coefficient (Wildman–Crippen LogP) is 2.89. The summed E-state index contributed by atoms with van der Waals surface area (Å²) in [6.45, 7) is 6.82. The van der Waals surface area contributed by atoms with Crippen LogP contribution < -0.4 is 5.43 Å². The van der Waals surface area contributed by atoms with E-state index in [2.05, 4.69) is 10.5 Å². The zero-order chi connectivity index (χ0) is 16.3. The van der Waals surface area contributed by atoms with Gasteiger partial charge in [0.25, 0.3) is 0 Å². The maximum atomic E-state index is 12.3. The molecule has 2 aromatic rings. The minimum absolute atomic E-state index is 0.257. The van der Waals surface area contributed by atoms with Crippen molar-refractivity contribution in [1.29, 1.82) is 0 Å². The van der Waals surface area contributed by atoms with Gasteiger partial charge in [0.15, 0.2) is 0 Å². The lowest BCUT2D eigenvalue weighted by Gasteiger charge is -2.19. The first-order valence-electron chi connectivity index (χ1n) is 6.91. The van der Waals surface area contributed by atoms with Crippen LogP contribution in [0.25, 0.3) is 10.9 Å². The van der Waals surface area contributed by atoms with E-state index in [0.717, 1.165) is 16.5 Å². The number of hydrogen-bond donors (Lipinski definition) is 1. The number of aromatic nitrogens is 1. The average Bonchev–Trinajstić information content (AvgIpc) is 2.76. The van der Waals surface area contributed by atoms with Crippen LogP contribution in [0.2, 0.25) is 0 Å². The Labute approximate surface area is 128 Å². The van der Waals surface area contributed by atoms with Crippen molar-refractivity contribution in [3.8, 4) is 0 Å². The molecule has 0 saturated heterocycles. The summed E-state index contributed by atoms with van der Waals surface area (Å²) in [4.78, 5) is 23.2. The van der Waals surface area contributed by atoms with Crippen LogP contribution >= 0.6 is 0 Å². The van der Waals surface area contributed by atoms with Crippen LogP contribution in [0.15, 0.2) is 35.6 Å². The first-order valence-corrected chi connectivity index (χ1v) is 6.91. The highest BCUT2D eigenvalue weighted by Crippen LogP contribution is 2.21. The average molecular weight is 301 g/mol. The van der Waals surface area contributed by atoms with Gasteiger partial charge in [-0.05, 0) is 26.8 Å². The molecule has 22 heavy (non-hydrogen) atoms. The normalized spacial score (nSPS) is 11.8. The molecule has 0 radical (unpaired) electrons. The SMILES string of the molecule is CC(=O)N/N=C/c1cn(C(=O)OC(C)(C)C)c2ccccc12. The van der Waals surface area contributed by atoms with Crippen molar-refractivity contribution in [3.05, 3.63) is 36.0 Å². The Hall–Kier alpha value is -2.63. The summed E-state index contributed by atoms with van der Waals surface area (Å²) in [5.74, 6) is -0.257. The second kappa shape index (κ2) is 6.01. The fourth-order valence-electron chi connectivity index (χ4n) is 1.96. The summed E-state index contributed by atoms with van der Waals surface area (Å²) in [6.07, 6.45) is 2.69. The van der Waals surface area contributed by atoms with Crippen molar-refractivity contribution in [2.24, 2.45) is 5.10 Å². The van der Waals surface area contributed by atoms with Crippen molar-refractivity contribution >= 4 is 29.1 Å². The largest absolute Gasteiger partial charge is 0.443 e. The van der Waals surface area contributed by atoms with E-state index in [9.17, 15) is 9.59 Å². The minimum atomic E-state index is -0.576. The molecule has 0 saturated carbocycles. The number of benzene rings is 1. The highest BCUT2D eigenvalue weighted by atomic mass is 16.6. The molecule has 0 unspecified atom stereocenters. The lowest BCUT2D eigenvalue weighted by atomic mass is 10.2. The fourth-order valence-corrected chi connectivity index (χ4v) is 1.96. The number of nitrogens with one attached hydrogen (secondary N) is 1. The lowest BCUT2D eigenvalue weighted by molar-refractivity contribution is -0.118. The van der Waals surface area contributed by atoms with Crippen LogP contribution in [0.4, 0.5) is 4.79 Å². The summed E-state index contributed by atoms with van der Waals surface area (Å²) in [6, 6.07) is 7.43. The summed E-state index contributed by atoms with van der Waals surface area (Å²) < 4.78 is 6.84. The Balaban J connectivity index is 2.41. The quantitative estimate of drug-likeness (QED) is 0.684. The molecule has 1 aromatic heterocycles. The highest BCUT2D eigenvalue weighted by Gasteiger charge is 2.20. The molecule has 0 aliphatic heterocycles. The Morgan fingerprint density at radius 2 is 1.95 bits per heavy atom. The predicted molar refractivity (Wildman–Crippen MR) is 85.0 cm³/mol.